The second-order valence-electron chi connectivity index (χ2n) is 6.01. The Hall–Kier alpha value is -3.00. The molecule has 0 spiro atoms. The van der Waals surface area contributed by atoms with Crippen LogP contribution in [0.2, 0.25) is 0 Å². The average molecular weight is 336 g/mol. The number of nitrogens with zero attached hydrogens (tertiary/aromatic N) is 7. The molecule has 3 aromatic rings. The Bertz CT molecular complexity index is 810. The van der Waals surface area contributed by atoms with Crippen LogP contribution in [0, 0.1) is 0 Å². The van der Waals surface area contributed by atoms with Crippen molar-refractivity contribution in [3.05, 3.63) is 54.6 Å². The van der Waals surface area contributed by atoms with Crippen LogP contribution < -0.4 is 10.6 Å². The van der Waals surface area contributed by atoms with Gasteiger partial charge in [-0.05, 0) is 5.56 Å². The third kappa shape index (κ3) is 3.58. The van der Waals surface area contributed by atoms with Gasteiger partial charge in [-0.2, -0.15) is 15.0 Å². The van der Waals surface area contributed by atoms with E-state index in [9.17, 15) is 0 Å². The molecule has 25 heavy (non-hydrogen) atoms. The Morgan fingerprint density at radius 1 is 0.920 bits per heavy atom. The van der Waals surface area contributed by atoms with Crippen molar-refractivity contribution in [2.24, 2.45) is 0 Å². The molecule has 2 N–H and O–H groups in total. The summed E-state index contributed by atoms with van der Waals surface area (Å²) >= 11 is 0. The smallest absolute Gasteiger partial charge is 0.241 e. The van der Waals surface area contributed by atoms with Gasteiger partial charge in [0, 0.05) is 45.1 Å². The minimum absolute atomic E-state index is 0.223. The van der Waals surface area contributed by atoms with Gasteiger partial charge in [0.15, 0.2) is 0 Å². The van der Waals surface area contributed by atoms with Gasteiger partial charge < -0.3 is 10.6 Å². The van der Waals surface area contributed by atoms with Gasteiger partial charge >= 0.3 is 0 Å². The van der Waals surface area contributed by atoms with Gasteiger partial charge in [-0.15, -0.1) is 0 Å². The lowest BCUT2D eigenvalue weighted by molar-refractivity contribution is 0.248. The number of imidazole rings is 1. The molecular formula is C17H20N8. The van der Waals surface area contributed by atoms with Crippen LogP contribution >= 0.6 is 0 Å². The minimum Gasteiger partial charge on any atom is -0.368 e. The molecule has 8 nitrogen and oxygen atoms in total. The largest absolute Gasteiger partial charge is 0.368 e. The standard InChI is InChI=1S/C17H20N8/c18-15-20-16(22-17(21-15)25-7-6-19-13-25)24-10-8-23(9-11-24)12-14-4-2-1-3-5-14/h1-7,13H,8-12H2,(H2,18,20,21,22). The Kier molecular flexibility index (Phi) is 4.26. The molecule has 2 aromatic heterocycles. The average Bonchev–Trinajstić information content (AvgIpc) is 3.17. The molecule has 0 radical (unpaired) electrons. The predicted molar refractivity (Wildman–Crippen MR) is 95.3 cm³/mol. The summed E-state index contributed by atoms with van der Waals surface area (Å²) in [6, 6.07) is 10.5. The summed E-state index contributed by atoms with van der Waals surface area (Å²) in [5.74, 6) is 1.34. The summed E-state index contributed by atoms with van der Waals surface area (Å²) in [5.41, 5.74) is 7.20. The van der Waals surface area contributed by atoms with E-state index in [1.165, 1.54) is 5.56 Å². The van der Waals surface area contributed by atoms with Gasteiger partial charge in [-0.1, -0.05) is 30.3 Å². The zero-order valence-corrected chi connectivity index (χ0v) is 13.9. The first-order chi connectivity index (χ1) is 12.3. The summed E-state index contributed by atoms with van der Waals surface area (Å²) in [4.78, 5) is 21.6. The molecule has 3 heterocycles. The van der Waals surface area contributed by atoms with Crippen molar-refractivity contribution in [3.63, 3.8) is 0 Å². The molecule has 4 rings (SSSR count). The zero-order valence-electron chi connectivity index (χ0n) is 13.9. The molecule has 128 valence electrons. The molecule has 1 aliphatic heterocycles. The van der Waals surface area contributed by atoms with Gasteiger partial charge in [-0.3, -0.25) is 9.47 Å². The van der Waals surface area contributed by atoms with Crippen LogP contribution in [0.25, 0.3) is 5.95 Å². The summed E-state index contributed by atoms with van der Waals surface area (Å²) in [6.07, 6.45) is 5.12. The topological polar surface area (TPSA) is 89.0 Å². The molecule has 0 atom stereocenters. The first-order valence-corrected chi connectivity index (χ1v) is 8.29. The van der Waals surface area contributed by atoms with Gasteiger partial charge in [0.05, 0.1) is 0 Å². The normalized spacial score (nSPS) is 15.4. The van der Waals surface area contributed by atoms with Crippen LogP contribution in [0.4, 0.5) is 11.9 Å². The maximum absolute atomic E-state index is 5.87. The van der Waals surface area contributed by atoms with Crippen molar-refractivity contribution in [3.8, 4) is 5.95 Å². The predicted octanol–water partition coefficient (Wildman–Crippen LogP) is 0.962. The number of piperazine rings is 1. The van der Waals surface area contributed by atoms with Crippen LogP contribution in [0.3, 0.4) is 0 Å². The van der Waals surface area contributed by atoms with Crippen LogP contribution in [-0.4, -0.2) is 55.6 Å². The number of nitrogen functional groups attached to an aromatic ring is 1. The highest BCUT2D eigenvalue weighted by atomic mass is 15.4. The van der Waals surface area contributed by atoms with Crippen LogP contribution in [0.1, 0.15) is 5.56 Å². The van der Waals surface area contributed by atoms with Crippen LogP contribution in [0.15, 0.2) is 49.1 Å². The van der Waals surface area contributed by atoms with Crippen LogP contribution in [0.5, 0.6) is 0 Å². The fourth-order valence-electron chi connectivity index (χ4n) is 2.95. The lowest BCUT2D eigenvalue weighted by Crippen LogP contribution is -2.46. The van der Waals surface area contributed by atoms with E-state index in [0.717, 1.165) is 32.7 Å². The Morgan fingerprint density at radius 3 is 2.40 bits per heavy atom. The van der Waals surface area contributed by atoms with Gasteiger partial charge in [-0.25, -0.2) is 4.98 Å². The quantitative estimate of drug-likeness (QED) is 0.759. The fourth-order valence-corrected chi connectivity index (χ4v) is 2.95. The van der Waals surface area contributed by atoms with Gasteiger partial charge in [0.1, 0.15) is 6.33 Å². The summed E-state index contributed by atoms with van der Waals surface area (Å²) in [7, 11) is 0. The molecule has 8 heteroatoms. The van der Waals surface area contributed by atoms with Crippen molar-refractivity contribution in [2.45, 2.75) is 6.54 Å². The molecular weight excluding hydrogens is 316 g/mol. The highest BCUT2D eigenvalue weighted by Gasteiger charge is 2.20. The van der Waals surface area contributed by atoms with E-state index >= 15 is 0 Å². The highest BCUT2D eigenvalue weighted by molar-refractivity contribution is 5.38. The number of benzene rings is 1. The molecule has 0 aliphatic carbocycles. The molecule has 1 saturated heterocycles. The van der Waals surface area contributed by atoms with Crippen LogP contribution in [-0.2, 0) is 6.54 Å². The monoisotopic (exact) mass is 336 g/mol. The number of aromatic nitrogens is 5. The molecule has 0 saturated carbocycles. The number of anilines is 2. The first-order valence-electron chi connectivity index (χ1n) is 8.29. The number of hydrogen-bond donors (Lipinski definition) is 1. The lowest BCUT2D eigenvalue weighted by atomic mass is 10.2. The maximum Gasteiger partial charge on any atom is 0.241 e. The third-order valence-electron chi connectivity index (χ3n) is 4.27. The molecule has 1 aromatic carbocycles. The molecule has 0 amide bonds. The Morgan fingerprint density at radius 2 is 1.68 bits per heavy atom. The fraction of sp³-hybridized carbons (Fsp3) is 0.294. The summed E-state index contributed by atoms with van der Waals surface area (Å²) < 4.78 is 1.73. The molecule has 0 unspecified atom stereocenters. The van der Waals surface area contributed by atoms with E-state index in [1.807, 2.05) is 6.07 Å². The maximum atomic E-state index is 5.87. The second kappa shape index (κ2) is 6.86. The molecule has 1 fully saturated rings. The van der Waals surface area contributed by atoms with E-state index in [1.54, 1.807) is 23.3 Å². The second-order valence-corrected chi connectivity index (χ2v) is 6.01. The van der Waals surface area contributed by atoms with Crippen molar-refractivity contribution in [1.82, 2.24) is 29.4 Å². The number of nitrogens with two attached hydrogens (primary N) is 1. The lowest BCUT2D eigenvalue weighted by Gasteiger charge is -2.34. The van der Waals surface area contributed by atoms with E-state index < -0.39 is 0 Å². The van der Waals surface area contributed by atoms with E-state index in [2.05, 4.69) is 54.0 Å². The van der Waals surface area contributed by atoms with Crippen molar-refractivity contribution < 1.29 is 0 Å². The van der Waals surface area contributed by atoms with Gasteiger partial charge in [0.2, 0.25) is 17.8 Å². The van der Waals surface area contributed by atoms with Crippen molar-refractivity contribution in [2.75, 3.05) is 36.8 Å². The zero-order chi connectivity index (χ0) is 17.1. The minimum atomic E-state index is 0.223. The SMILES string of the molecule is Nc1nc(N2CCN(Cc3ccccc3)CC2)nc(-n2ccnc2)n1. The third-order valence-corrected chi connectivity index (χ3v) is 4.27. The first kappa shape index (κ1) is 15.5. The Labute approximate surface area is 146 Å². The van der Waals surface area contributed by atoms with Crippen molar-refractivity contribution >= 4 is 11.9 Å². The highest BCUT2D eigenvalue weighted by Crippen LogP contribution is 2.15. The van der Waals surface area contributed by atoms with Crippen molar-refractivity contribution in [1.29, 1.82) is 0 Å². The number of rotatable bonds is 4. The number of hydrogen-bond acceptors (Lipinski definition) is 7. The summed E-state index contributed by atoms with van der Waals surface area (Å²) in [5, 5.41) is 0. The molecule has 1 aliphatic rings. The Balaban J connectivity index is 1.44. The van der Waals surface area contributed by atoms with E-state index in [4.69, 9.17) is 5.73 Å². The van der Waals surface area contributed by atoms with E-state index in [-0.39, 0.29) is 5.95 Å². The van der Waals surface area contributed by atoms with E-state index in [0.29, 0.717) is 11.9 Å². The molecule has 0 bridgehead atoms. The van der Waals surface area contributed by atoms with Gasteiger partial charge in [0.25, 0.3) is 0 Å². The summed E-state index contributed by atoms with van der Waals surface area (Å²) in [6.45, 7) is 4.61.